The van der Waals surface area contributed by atoms with Gasteiger partial charge in [-0.3, -0.25) is 19.7 Å². The van der Waals surface area contributed by atoms with Gasteiger partial charge in [-0.05, 0) is 24.6 Å². The van der Waals surface area contributed by atoms with Crippen LogP contribution in [-0.4, -0.2) is 53.0 Å². The van der Waals surface area contributed by atoms with Crippen LogP contribution in [0.2, 0.25) is 5.02 Å². The summed E-state index contributed by atoms with van der Waals surface area (Å²) in [5, 5.41) is 15.3. The molecule has 3 heterocycles. The van der Waals surface area contributed by atoms with Gasteiger partial charge < -0.3 is 4.74 Å². The summed E-state index contributed by atoms with van der Waals surface area (Å²) in [5.74, 6) is -0.743. The van der Waals surface area contributed by atoms with Gasteiger partial charge in [0, 0.05) is 24.7 Å². The number of carbonyl (C=O) groups excluding carboxylic acids is 2. The second-order valence-corrected chi connectivity index (χ2v) is 8.15. The second-order valence-electron chi connectivity index (χ2n) is 7.74. The highest BCUT2D eigenvalue weighted by Gasteiger charge is 2.63. The lowest BCUT2D eigenvalue weighted by molar-refractivity contribution is -0.384. The van der Waals surface area contributed by atoms with Crippen LogP contribution in [0.5, 0.6) is 5.75 Å². The van der Waals surface area contributed by atoms with E-state index in [-0.39, 0.29) is 34.3 Å². The summed E-state index contributed by atoms with van der Waals surface area (Å²) in [5.41, 5.74) is 0.653. The van der Waals surface area contributed by atoms with Gasteiger partial charge in [0.1, 0.15) is 16.8 Å². The lowest BCUT2D eigenvalue weighted by Gasteiger charge is -2.30. The molecule has 3 aliphatic heterocycles. The van der Waals surface area contributed by atoms with E-state index in [9.17, 15) is 19.7 Å². The fourth-order valence-electron chi connectivity index (χ4n) is 5.03. The first-order chi connectivity index (χ1) is 14.9. The highest BCUT2D eigenvalue weighted by atomic mass is 35.5. The second kappa shape index (κ2) is 7.30. The zero-order chi connectivity index (χ0) is 21.9. The number of para-hydroxylation sites is 1. The summed E-state index contributed by atoms with van der Waals surface area (Å²) in [6.07, 6.45) is 0.878. The maximum Gasteiger partial charge on any atom is 0.289 e. The molecule has 3 aliphatic rings. The molecule has 3 saturated heterocycles. The Morgan fingerprint density at radius 1 is 1.06 bits per heavy atom. The molecule has 5 rings (SSSR count). The van der Waals surface area contributed by atoms with Crippen molar-refractivity contribution in [3.05, 3.63) is 63.2 Å². The standard InChI is InChI=1S/C21H19ClN4O5/c1-31-16-6-3-2-5-13(16)18-17-19(24-10-4-9-23(18)24)21(28)25(20(17)27)12-7-8-14(22)15(11-12)26(29)30/h2-3,5-8,11,17-19H,4,9-10H2,1H3/t17-,18-,19-/m0/s1. The molecule has 2 aromatic carbocycles. The molecule has 0 unspecified atom stereocenters. The fourth-order valence-corrected chi connectivity index (χ4v) is 5.22. The molecule has 0 N–H and O–H groups in total. The largest absolute Gasteiger partial charge is 0.496 e. The minimum atomic E-state index is -0.653. The van der Waals surface area contributed by atoms with Crippen LogP contribution in [0.4, 0.5) is 11.4 Å². The number of halogens is 1. The number of hydrogen-bond acceptors (Lipinski definition) is 7. The van der Waals surface area contributed by atoms with Gasteiger partial charge >= 0.3 is 0 Å². The van der Waals surface area contributed by atoms with Gasteiger partial charge in [-0.25, -0.2) is 14.9 Å². The summed E-state index contributed by atoms with van der Waals surface area (Å²) in [7, 11) is 1.58. The number of ether oxygens (including phenoxy) is 1. The van der Waals surface area contributed by atoms with Crippen LogP contribution < -0.4 is 9.64 Å². The van der Waals surface area contributed by atoms with Crippen LogP contribution >= 0.6 is 11.6 Å². The molecule has 10 heteroatoms. The Morgan fingerprint density at radius 3 is 2.48 bits per heavy atom. The highest BCUT2D eigenvalue weighted by molar-refractivity contribution is 6.33. The number of carbonyl (C=O) groups is 2. The van der Waals surface area contributed by atoms with Crippen molar-refractivity contribution in [1.82, 2.24) is 10.0 Å². The van der Waals surface area contributed by atoms with E-state index in [0.717, 1.165) is 23.4 Å². The van der Waals surface area contributed by atoms with E-state index in [1.165, 1.54) is 18.2 Å². The van der Waals surface area contributed by atoms with Crippen molar-refractivity contribution in [2.45, 2.75) is 18.5 Å². The van der Waals surface area contributed by atoms with Crippen LogP contribution in [0.15, 0.2) is 42.5 Å². The van der Waals surface area contributed by atoms with E-state index in [2.05, 4.69) is 5.01 Å². The number of nitro benzene ring substituents is 1. The van der Waals surface area contributed by atoms with Crippen molar-refractivity contribution in [2.24, 2.45) is 5.92 Å². The van der Waals surface area contributed by atoms with Gasteiger partial charge in [-0.2, -0.15) is 0 Å². The first kappa shape index (κ1) is 19.9. The maximum atomic E-state index is 13.6. The molecular weight excluding hydrogens is 424 g/mol. The Hall–Kier alpha value is -3.01. The normalized spacial score (nSPS) is 25.7. The Bertz CT molecular complexity index is 1110. The number of benzene rings is 2. The Kier molecular flexibility index (Phi) is 4.69. The molecule has 0 aromatic heterocycles. The van der Waals surface area contributed by atoms with Gasteiger partial charge in [-0.1, -0.05) is 29.8 Å². The molecule has 160 valence electrons. The third-order valence-corrected chi connectivity index (χ3v) is 6.57. The van der Waals surface area contributed by atoms with Crippen LogP contribution in [0.1, 0.15) is 18.0 Å². The molecule has 0 radical (unpaired) electrons. The smallest absolute Gasteiger partial charge is 0.289 e. The Labute approximate surface area is 182 Å². The third kappa shape index (κ3) is 2.84. The molecule has 0 aliphatic carbocycles. The van der Waals surface area contributed by atoms with Crippen LogP contribution in [0, 0.1) is 16.0 Å². The first-order valence-electron chi connectivity index (χ1n) is 9.92. The van der Waals surface area contributed by atoms with Crippen LogP contribution in [0.25, 0.3) is 0 Å². The molecule has 0 bridgehead atoms. The van der Waals surface area contributed by atoms with Crippen molar-refractivity contribution < 1.29 is 19.2 Å². The number of anilines is 1. The number of nitrogens with zero attached hydrogens (tertiary/aromatic N) is 4. The third-order valence-electron chi connectivity index (χ3n) is 6.25. The summed E-state index contributed by atoms with van der Waals surface area (Å²) in [6, 6.07) is 10.5. The minimum Gasteiger partial charge on any atom is -0.496 e. The number of nitro groups is 1. The summed E-state index contributed by atoms with van der Waals surface area (Å²) in [4.78, 5) is 38.8. The average molecular weight is 443 g/mol. The van der Waals surface area contributed by atoms with Crippen LogP contribution in [0.3, 0.4) is 0 Å². The van der Waals surface area contributed by atoms with Gasteiger partial charge in [0.2, 0.25) is 5.91 Å². The molecule has 3 fully saturated rings. The van der Waals surface area contributed by atoms with E-state index in [1.54, 1.807) is 7.11 Å². The van der Waals surface area contributed by atoms with Crippen molar-refractivity contribution in [3.8, 4) is 5.75 Å². The monoisotopic (exact) mass is 442 g/mol. The Morgan fingerprint density at radius 2 is 1.77 bits per heavy atom. The van der Waals surface area contributed by atoms with Crippen molar-refractivity contribution in [3.63, 3.8) is 0 Å². The molecule has 0 spiro atoms. The van der Waals surface area contributed by atoms with E-state index >= 15 is 0 Å². The fraction of sp³-hybridized carbons (Fsp3) is 0.333. The quantitative estimate of drug-likeness (QED) is 0.408. The number of imide groups is 1. The zero-order valence-electron chi connectivity index (χ0n) is 16.6. The van der Waals surface area contributed by atoms with Gasteiger partial charge in [-0.15, -0.1) is 0 Å². The van der Waals surface area contributed by atoms with Gasteiger partial charge in [0.05, 0.1) is 29.7 Å². The lowest BCUT2D eigenvalue weighted by atomic mass is 9.89. The average Bonchev–Trinajstić information content (AvgIpc) is 3.40. The van der Waals surface area contributed by atoms with E-state index in [4.69, 9.17) is 16.3 Å². The number of fused-ring (bicyclic) bond motifs is 3. The van der Waals surface area contributed by atoms with Crippen LogP contribution in [-0.2, 0) is 9.59 Å². The molecule has 2 aromatic rings. The summed E-state index contributed by atoms with van der Waals surface area (Å²) in [6.45, 7) is 1.41. The Balaban J connectivity index is 1.60. The predicted molar refractivity (Wildman–Crippen MR) is 112 cm³/mol. The van der Waals surface area contributed by atoms with Crippen molar-refractivity contribution >= 4 is 34.8 Å². The number of hydrazine groups is 1. The molecule has 2 amide bonds. The maximum absolute atomic E-state index is 13.6. The lowest BCUT2D eigenvalue weighted by Crippen LogP contribution is -2.44. The van der Waals surface area contributed by atoms with Crippen molar-refractivity contribution in [1.29, 1.82) is 0 Å². The predicted octanol–water partition coefficient (Wildman–Crippen LogP) is 2.79. The van der Waals surface area contributed by atoms with E-state index in [1.807, 2.05) is 29.3 Å². The van der Waals surface area contributed by atoms with Crippen molar-refractivity contribution in [2.75, 3.05) is 25.1 Å². The SMILES string of the molecule is COc1ccccc1[C@H]1[C@@H]2C(=O)N(c3ccc(Cl)c([N+](=O)[O-])c3)C(=O)[C@H]2N2CCCN12. The molecule has 9 nitrogen and oxygen atoms in total. The number of methoxy groups -OCH3 is 1. The summed E-state index contributed by atoms with van der Waals surface area (Å²) >= 11 is 5.92. The number of hydrogen-bond donors (Lipinski definition) is 0. The molecule has 31 heavy (non-hydrogen) atoms. The number of amides is 2. The minimum absolute atomic E-state index is 0.0503. The summed E-state index contributed by atoms with van der Waals surface area (Å²) < 4.78 is 5.54. The first-order valence-corrected chi connectivity index (χ1v) is 10.3. The highest BCUT2D eigenvalue weighted by Crippen LogP contribution is 2.50. The zero-order valence-corrected chi connectivity index (χ0v) is 17.4. The topological polar surface area (TPSA) is 96.2 Å². The van der Waals surface area contributed by atoms with E-state index in [0.29, 0.717) is 12.3 Å². The molecule has 3 atom stereocenters. The van der Waals surface area contributed by atoms with E-state index < -0.39 is 16.9 Å². The molecular formula is C21H19ClN4O5. The molecule has 0 saturated carbocycles. The number of rotatable bonds is 4. The van der Waals surface area contributed by atoms with Gasteiger partial charge in [0.25, 0.3) is 11.6 Å². The van der Waals surface area contributed by atoms with Gasteiger partial charge in [0.15, 0.2) is 0 Å².